The highest BCUT2D eigenvalue weighted by molar-refractivity contribution is 6.31. The molecule has 2 aromatic carbocycles. The van der Waals surface area contributed by atoms with Gasteiger partial charge in [-0.3, -0.25) is 4.79 Å². The Bertz CT molecular complexity index is 641. The summed E-state index contributed by atoms with van der Waals surface area (Å²) < 4.78 is 0. The maximum atomic E-state index is 12.0. The first kappa shape index (κ1) is 13.2. The lowest BCUT2D eigenvalue weighted by Gasteiger charge is -2.08. The minimum absolute atomic E-state index is 0.00306. The Kier molecular flexibility index (Phi) is 3.62. The third kappa shape index (κ3) is 2.80. The van der Waals surface area contributed by atoms with Crippen LogP contribution in [0, 0.1) is 6.92 Å². The lowest BCUT2D eigenvalue weighted by Crippen LogP contribution is -2.12. The van der Waals surface area contributed by atoms with Crippen LogP contribution >= 0.6 is 11.6 Å². The van der Waals surface area contributed by atoms with Crippen molar-refractivity contribution in [3.05, 3.63) is 52.5 Å². The summed E-state index contributed by atoms with van der Waals surface area (Å²) in [5.41, 5.74) is 1.42. The summed E-state index contributed by atoms with van der Waals surface area (Å²) in [5, 5.41) is 22.1. The molecule has 2 aromatic rings. The predicted octanol–water partition coefficient (Wildman–Crippen LogP) is 3.31. The molecule has 0 aromatic heterocycles. The highest BCUT2D eigenvalue weighted by atomic mass is 35.5. The molecule has 0 aliphatic heterocycles. The van der Waals surface area contributed by atoms with E-state index in [0.29, 0.717) is 10.7 Å². The van der Waals surface area contributed by atoms with Gasteiger partial charge in [0.15, 0.2) is 11.5 Å². The van der Waals surface area contributed by atoms with Crippen LogP contribution in [-0.4, -0.2) is 16.1 Å². The lowest BCUT2D eigenvalue weighted by molar-refractivity contribution is 0.102. The number of aromatic hydroxyl groups is 2. The second-order valence-electron chi connectivity index (χ2n) is 4.09. The van der Waals surface area contributed by atoms with Crippen molar-refractivity contribution in [3.8, 4) is 11.5 Å². The molecule has 5 heteroatoms. The molecule has 0 unspecified atom stereocenters. The Hall–Kier alpha value is -2.20. The molecule has 0 bridgehead atoms. The van der Waals surface area contributed by atoms with Gasteiger partial charge in [-0.25, -0.2) is 0 Å². The Balaban J connectivity index is 2.26. The second-order valence-corrected chi connectivity index (χ2v) is 4.50. The topological polar surface area (TPSA) is 69.6 Å². The SMILES string of the molecule is Cc1ccc(NC(=O)c2cccc(O)c2O)cc1Cl. The van der Waals surface area contributed by atoms with E-state index in [-0.39, 0.29) is 11.3 Å². The molecule has 1 amide bonds. The van der Waals surface area contributed by atoms with Crippen LogP contribution < -0.4 is 5.32 Å². The largest absolute Gasteiger partial charge is 0.504 e. The molecular formula is C14H12ClNO3. The normalized spacial score (nSPS) is 10.2. The molecule has 0 radical (unpaired) electrons. The number of nitrogens with one attached hydrogen (secondary N) is 1. The molecule has 3 N–H and O–H groups in total. The van der Waals surface area contributed by atoms with Crippen LogP contribution in [0.3, 0.4) is 0 Å². The molecule has 0 saturated carbocycles. The summed E-state index contributed by atoms with van der Waals surface area (Å²) in [6.45, 7) is 1.86. The van der Waals surface area contributed by atoms with Crippen molar-refractivity contribution in [2.45, 2.75) is 6.92 Å². The van der Waals surface area contributed by atoms with E-state index in [4.69, 9.17) is 11.6 Å². The van der Waals surface area contributed by atoms with Crippen LogP contribution in [0.5, 0.6) is 11.5 Å². The number of anilines is 1. The van der Waals surface area contributed by atoms with Crippen LogP contribution in [0.25, 0.3) is 0 Å². The Morgan fingerprint density at radius 2 is 1.95 bits per heavy atom. The van der Waals surface area contributed by atoms with Crippen molar-refractivity contribution in [2.24, 2.45) is 0 Å². The van der Waals surface area contributed by atoms with Gasteiger partial charge in [0, 0.05) is 10.7 Å². The van der Waals surface area contributed by atoms with Gasteiger partial charge in [0.25, 0.3) is 5.91 Å². The summed E-state index contributed by atoms with van der Waals surface area (Å²) in [6.07, 6.45) is 0. The molecule has 0 saturated heterocycles. The summed E-state index contributed by atoms with van der Waals surface area (Å²) in [6, 6.07) is 9.30. The minimum Gasteiger partial charge on any atom is -0.504 e. The van der Waals surface area contributed by atoms with Gasteiger partial charge in [0.1, 0.15) is 0 Å². The fraction of sp³-hybridized carbons (Fsp3) is 0.0714. The van der Waals surface area contributed by atoms with E-state index in [1.54, 1.807) is 18.2 Å². The van der Waals surface area contributed by atoms with Gasteiger partial charge >= 0.3 is 0 Å². The minimum atomic E-state index is -0.520. The zero-order valence-electron chi connectivity index (χ0n) is 10.1. The number of amides is 1. The number of hydrogen-bond acceptors (Lipinski definition) is 3. The third-order valence-corrected chi connectivity index (χ3v) is 3.10. The van der Waals surface area contributed by atoms with Crippen LogP contribution in [0.2, 0.25) is 5.02 Å². The van der Waals surface area contributed by atoms with Crippen molar-refractivity contribution >= 4 is 23.2 Å². The highest BCUT2D eigenvalue weighted by Crippen LogP contribution is 2.29. The molecule has 98 valence electrons. The summed E-state index contributed by atoms with van der Waals surface area (Å²) >= 11 is 5.96. The van der Waals surface area contributed by atoms with Crippen LogP contribution in [0.4, 0.5) is 5.69 Å². The number of carbonyl (C=O) groups is 1. The molecule has 0 aliphatic carbocycles. The lowest BCUT2D eigenvalue weighted by atomic mass is 10.1. The van der Waals surface area contributed by atoms with E-state index in [1.807, 2.05) is 6.92 Å². The number of phenols is 2. The Morgan fingerprint density at radius 1 is 1.21 bits per heavy atom. The number of halogens is 1. The van der Waals surface area contributed by atoms with E-state index < -0.39 is 11.7 Å². The van der Waals surface area contributed by atoms with E-state index in [1.165, 1.54) is 18.2 Å². The van der Waals surface area contributed by atoms with E-state index in [9.17, 15) is 15.0 Å². The highest BCUT2D eigenvalue weighted by Gasteiger charge is 2.14. The van der Waals surface area contributed by atoms with Gasteiger partial charge in [-0.15, -0.1) is 0 Å². The Morgan fingerprint density at radius 3 is 2.63 bits per heavy atom. The number of benzene rings is 2. The van der Waals surface area contributed by atoms with Crippen molar-refractivity contribution < 1.29 is 15.0 Å². The van der Waals surface area contributed by atoms with Gasteiger partial charge in [-0.2, -0.15) is 0 Å². The monoisotopic (exact) mass is 277 g/mol. The van der Waals surface area contributed by atoms with Gasteiger partial charge in [-0.1, -0.05) is 23.7 Å². The molecule has 0 spiro atoms. The quantitative estimate of drug-likeness (QED) is 0.738. The van der Waals surface area contributed by atoms with Gasteiger partial charge in [-0.05, 0) is 36.8 Å². The van der Waals surface area contributed by atoms with Crippen molar-refractivity contribution in [1.29, 1.82) is 0 Å². The van der Waals surface area contributed by atoms with Gasteiger partial charge < -0.3 is 15.5 Å². The van der Waals surface area contributed by atoms with Crippen LogP contribution in [0.15, 0.2) is 36.4 Å². The number of carbonyl (C=O) groups excluding carboxylic acids is 1. The molecular weight excluding hydrogens is 266 g/mol. The average molecular weight is 278 g/mol. The molecule has 0 aliphatic rings. The first-order valence-electron chi connectivity index (χ1n) is 5.57. The number of hydrogen-bond donors (Lipinski definition) is 3. The Labute approximate surface area is 115 Å². The maximum absolute atomic E-state index is 12.0. The molecule has 19 heavy (non-hydrogen) atoms. The molecule has 4 nitrogen and oxygen atoms in total. The fourth-order valence-electron chi connectivity index (χ4n) is 1.58. The average Bonchev–Trinajstić information content (AvgIpc) is 2.37. The summed E-state index contributed by atoms with van der Waals surface area (Å²) in [7, 11) is 0. The third-order valence-electron chi connectivity index (χ3n) is 2.69. The summed E-state index contributed by atoms with van der Waals surface area (Å²) in [4.78, 5) is 12.0. The van der Waals surface area contributed by atoms with Crippen molar-refractivity contribution in [1.82, 2.24) is 0 Å². The standard InChI is InChI=1S/C14H12ClNO3/c1-8-5-6-9(7-11(8)15)16-14(19)10-3-2-4-12(17)13(10)18/h2-7,17-18H,1H3,(H,16,19). The fourth-order valence-corrected chi connectivity index (χ4v) is 1.76. The van der Waals surface area contributed by atoms with Crippen molar-refractivity contribution in [2.75, 3.05) is 5.32 Å². The van der Waals surface area contributed by atoms with Gasteiger partial charge in [0.2, 0.25) is 0 Å². The van der Waals surface area contributed by atoms with E-state index in [0.717, 1.165) is 5.56 Å². The zero-order valence-corrected chi connectivity index (χ0v) is 10.9. The van der Waals surface area contributed by atoms with Crippen LogP contribution in [-0.2, 0) is 0 Å². The maximum Gasteiger partial charge on any atom is 0.259 e. The second kappa shape index (κ2) is 5.20. The van der Waals surface area contributed by atoms with E-state index >= 15 is 0 Å². The van der Waals surface area contributed by atoms with Gasteiger partial charge in [0.05, 0.1) is 5.56 Å². The first-order chi connectivity index (χ1) is 8.99. The number of para-hydroxylation sites is 1. The predicted molar refractivity (Wildman–Crippen MR) is 73.9 cm³/mol. The molecule has 0 fully saturated rings. The molecule has 2 rings (SSSR count). The zero-order chi connectivity index (χ0) is 14.0. The molecule has 0 heterocycles. The van der Waals surface area contributed by atoms with Crippen molar-refractivity contribution in [3.63, 3.8) is 0 Å². The van der Waals surface area contributed by atoms with E-state index in [2.05, 4.69) is 5.32 Å². The smallest absolute Gasteiger partial charge is 0.259 e. The number of aryl methyl sites for hydroxylation is 1. The molecule has 0 atom stereocenters. The number of rotatable bonds is 2. The summed E-state index contributed by atoms with van der Waals surface area (Å²) in [5.74, 6) is -1.30. The van der Waals surface area contributed by atoms with Crippen LogP contribution in [0.1, 0.15) is 15.9 Å². The number of phenolic OH excluding ortho intramolecular Hbond substituents is 2. The first-order valence-corrected chi connectivity index (χ1v) is 5.95.